The Balaban J connectivity index is 1.31. The van der Waals surface area contributed by atoms with E-state index in [-0.39, 0.29) is 34.3 Å². The van der Waals surface area contributed by atoms with E-state index in [1.165, 1.54) is 5.57 Å². The number of benzene rings is 2. The zero-order valence-corrected chi connectivity index (χ0v) is 28.9. The molecule has 11 heteroatoms. The van der Waals surface area contributed by atoms with Crippen molar-refractivity contribution < 1.29 is 27.1 Å². The number of sulfonamides is 1. The van der Waals surface area contributed by atoms with Crippen molar-refractivity contribution in [3.05, 3.63) is 69.5 Å². The Morgan fingerprint density at radius 2 is 2.02 bits per heavy atom. The van der Waals surface area contributed by atoms with Gasteiger partial charge in [-0.2, -0.15) is 0 Å². The normalized spacial score (nSPS) is 32.8. The molecule has 2 aromatic carbocycles. The second kappa shape index (κ2) is 12.7. The minimum absolute atomic E-state index is 0.124. The summed E-state index contributed by atoms with van der Waals surface area (Å²) in [6, 6.07) is 8.97. The zero-order chi connectivity index (χ0) is 33.1. The molecule has 0 aromatic heterocycles. The van der Waals surface area contributed by atoms with Crippen LogP contribution in [0.25, 0.3) is 0 Å². The van der Waals surface area contributed by atoms with Crippen LogP contribution in [0.3, 0.4) is 0 Å². The summed E-state index contributed by atoms with van der Waals surface area (Å²) in [6.07, 6.45) is 7.53. The second-order valence-electron chi connectivity index (χ2n) is 14.4. The molecule has 2 aromatic rings. The van der Waals surface area contributed by atoms with Crippen LogP contribution in [0.1, 0.15) is 67.4 Å². The van der Waals surface area contributed by atoms with Gasteiger partial charge in [0, 0.05) is 43.8 Å². The van der Waals surface area contributed by atoms with Crippen molar-refractivity contribution in [3.8, 4) is 5.75 Å². The fraction of sp³-hybridized carbons (Fsp3) is 0.583. The molecule has 4 bridgehead atoms. The number of nitrogens with one attached hydrogen (secondary N) is 2. The van der Waals surface area contributed by atoms with E-state index >= 15 is 4.39 Å². The van der Waals surface area contributed by atoms with Gasteiger partial charge in [-0.05, 0) is 105 Å². The summed E-state index contributed by atoms with van der Waals surface area (Å²) in [7, 11) is -2.23. The molecule has 0 unspecified atom stereocenters. The summed E-state index contributed by atoms with van der Waals surface area (Å²) in [4.78, 5) is 15.9. The number of rotatable bonds is 4. The highest BCUT2D eigenvalue weighted by atomic mass is 35.5. The van der Waals surface area contributed by atoms with Gasteiger partial charge in [-0.15, -0.1) is 0 Å². The fourth-order valence-corrected chi connectivity index (χ4v) is 10.2. The van der Waals surface area contributed by atoms with Crippen LogP contribution in [0, 0.1) is 29.5 Å². The highest BCUT2D eigenvalue weighted by molar-refractivity contribution is 7.90. The lowest BCUT2D eigenvalue weighted by atomic mass is 9.63. The van der Waals surface area contributed by atoms with E-state index in [1.54, 1.807) is 38.3 Å². The van der Waals surface area contributed by atoms with Crippen molar-refractivity contribution >= 4 is 33.2 Å². The molecule has 3 aliphatic heterocycles. The number of fused-ring (bicyclic) bond motifs is 6. The molecule has 3 heterocycles. The Hall–Kier alpha value is -2.66. The molecule has 0 radical (unpaired) electrons. The average molecular weight is 686 g/mol. The van der Waals surface area contributed by atoms with E-state index in [2.05, 4.69) is 21.0 Å². The quantitative estimate of drug-likeness (QED) is 0.318. The summed E-state index contributed by atoms with van der Waals surface area (Å²) < 4.78 is 56.7. The number of carbonyl (C=O) groups excluding carboxylic acids is 1. The van der Waals surface area contributed by atoms with Gasteiger partial charge in [0.25, 0.3) is 5.91 Å². The number of hydrogen-bond donors (Lipinski definition) is 2. The molecule has 7 atom stereocenters. The Morgan fingerprint density at radius 1 is 1.21 bits per heavy atom. The number of anilines is 1. The first-order chi connectivity index (χ1) is 22.5. The van der Waals surface area contributed by atoms with Crippen LogP contribution in [0.4, 0.5) is 10.1 Å². The smallest absolute Gasteiger partial charge is 0.264 e. The predicted molar refractivity (Wildman–Crippen MR) is 181 cm³/mol. The van der Waals surface area contributed by atoms with Crippen LogP contribution in [-0.4, -0.2) is 65.6 Å². The first kappa shape index (κ1) is 32.9. The number of nitrogens with zero attached hydrogens (tertiary/aromatic N) is 1. The highest BCUT2D eigenvalue weighted by Gasteiger charge is 2.47. The van der Waals surface area contributed by atoms with Gasteiger partial charge in [0.1, 0.15) is 11.6 Å². The van der Waals surface area contributed by atoms with Gasteiger partial charge in [-0.3, -0.25) is 4.79 Å². The average Bonchev–Trinajstić information content (AvgIpc) is 3.16. The number of methoxy groups -OCH3 is 1. The first-order valence-electron chi connectivity index (χ1n) is 17.0. The molecule has 1 spiro atoms. The highest BCUT2D eigenvalue weighted by Crippen LogP contribution is 2.49. The third-order valence-electron chi connectivity index (χ3n) is 11.9. The number of hydrogen-bond acceptors (Lipinski definition) is 7. The molecule has 254 valence electrons. The van der Waals surface area contributed by atoms with E-state index in [0.717, 1.165) is 56.4 Å². The molecule has 1 fully saturated rings. The lowest BCUT2D eigenvalue weighted by molar-refractivity contribution is 0.0980. The topological polar surface area (TPSA) is 97.0 Å². The lowest BCUT2D eigenvalue weighted by Crippen LogP contribution is -2.53. The molecular weight excluding hydrogens is 641 g/mol. The zero-order valence-electron chi connectivity index (χ0n) is 27.4. The van der Waals surface area contributed by atoms with Crippen LogP contribution >= 0.6 is 11.6 Å². The maximum absolute atomic E-state index is 15.4. The van der Waals surface area contributed by atoms with Crippen molar-refractivity contribution in [3.63, 3.8) is 0 Å². The van der Waals surface area contributed by atoms with E-state index in [9.17, 15) is 13.2 Å². The number of amides is 1. The van der Waals surface area contributed by atoms with Crippen LogP contribution in [0.2, 0.25) is 5.02 Å². The summed E-state index contributed by atoms with van der Waals surface area (Å²) in [5, 5.41) is 3.17. The third kappa shape index (κ3) is 5.87. The van der Waals surface area contributed by atoms with E-state index in [4.69, 9.17) is 21.1 Å². The largest absolute Gasteiger partial charge is 0.490 e. The second-order valence-corrected chi connectivity index (χ2v) is 16.9. The number of halogens is 2. The Kier molecular flexibility index (Phi) is 8.85. The number of carbonyl (C=O) groups is 1. The van der Waals surface area contributed by atoms with Crippen molar-refractivity contribution in [2.45, 2.75) is 69.1 Å². The van der Waals surface area contributed by atoms with E-state index in [0.29, 0.717) is 49.3 Å². The van der Waals surface area contributed by atoms with Crippen molar-refractivity contribution in [1.82, 2.24) is 10.0 Å². The standard InChI is InChI=1S/C36H45ClFN3O5S/c1-21-22(2)47(43,44)40-35(42)23-7-11-32-31(17-23)41(18-24-6-8-27(24)34(39-13-14-45-3)26-15-25(21)16-26)19-36(20-46-32)12-4-5-28-29(36)9-10-30(37)33(28)38/h7,9-11,15,17,21-22,24-25,27,34,39H,4-6,8,12-14,16,18-20H2,1-3H3,(H,40,42)/t21-,22-,24+,25+,27-,34+,36+/m1/s1. The third-order valence-corrected chi connectivity index (χ3v) is 14.0. The monoisotopic (exact) mass is 685 g/mol. The summed E-state index contributed by atoms with van der Waals surface area (Å²) >= 11 is 6.24. The van der Waals surface area contributed by atoms with Gasteiger partial charge in [-0.1, -0.05) is 36.2 Å². The molecule has 2 N–H and O–H groups in total. The lowest BCUT2D eigenvalue weighted by Gasteiger charge is -2.49. The van der Waals surface area contributed by atoms with Gasteiger partial charge in [-0.25, -0.2) is 17.5 Å². The van der Waals surface area contributed by atoms with Crippen molar-refractivity contribution in [1.29, 1.82) is 0 Å². The Morgan fingerprint density at radius 3 is 2.77 bits per heavy atom. The summed E-state index contributed by atoms with van der Waals surface area (Å²) in [5.41, 5.74) is 3.49. The van der Waals surface area contributed by atoms with Gasteiger partial charge >= 0.3 is 0 Å². The van der Waals surface area contributed by atoms with Gasteiger partial charge in [0.05, 0.1) is 29.2 Å². The minimum atomic E-state index is -3.94. The van der Waals surface area contributed by atoms with Gasteiger partial charge < -0.3 is 19.7 Å². The van der Waals surface area contributed by atoms with Crippen LogP contribution in [0.5, 0.6) is 5.75 Å². The SMILES string of the molecule is COCCN[C@H]1C2=C[C@@H](C2)[C@H](C)[C@@H](C)S(=O)(=O)NC(=O)c2ccc3c(c2)N(C[C@@H]2CC[C@H]21)C[C@@]1(CCCc2c1ccc(Cl)c2F)CO3. The molecule has 1 amide bonds. The molecule has 8 nitrogen and oxygen atoms in total. The van der Waals surface area contributed by atoms with Crippen LogP contribution < -0.4 is 19.7 Å². The molecule has 8 rings (SSSR count). The van der Waals surface area contributed by atoms with Crippen molar-refractivity contribution in [2.24, 2.45) is 23.7 Å². The Labute approximate surface area is 282 Å². The van der Waals surface area contributed by atoms with Gasteiger partial charge in [0.2, 0.25) is 10.0 Å². The van der Waals surface area contributed by atoms with Gasteiger partial charge in [0.15, 0.2) is 0 Å². The minimum Gasteiger partial charge on any atom is -0.490 e. The fourth-order valence-electron chi connectivity index (χ4n) is 8.70. The maximum atomic E-state index is 15.4. The molecule has 3 aliphatic carbocycles. The summed E-state index contributed by atoms with van der Waals surface area (Å²) in [6.45, 7) is 6.69. The van der Waals surface area contributed by atoms with E-state index < -0.39 is 26.6 Å². The van der Waals surface area contributed by atoms with E-state index in [1.807, 2.05) is 13.0 Å². The molecule has 1 saturated carbocycles. The van der Waals surface area contributed by atoms with Crippen LogP contribution in [0.15, 0.2) is 42.0 Å². The maximum Gasteiger partial charge on any atom is 0.264 e. The first-order valence-corrected chi connectivity index (χ1v) is 18.9. The Bertz CT molecular complexity index is 1700. The molecule has 0 saturated heterocycles. The molecule has 6 aliphatic rings. The number of ether oxygens (including phenoxy) is 2. The molecular formula is C36H45ClFN3O5S. The summed E-state index contributed by atoms with van der Waals surface area (Å²) in [5.74, 6) is 0.390. The van der Waals surface area contributed by atoms with Crippen LogP contribution in [-0.2, 0) is 26.6 Å². The molecule has 47 heavy (non-hydrogen) atoms. The number of allylic oxidation sites excluding steroid dienone is 1. The predicted octanol–water partition coefficient (Wildman–Crippen LogP) is 5.63. The van der Waals surface area contributed by atoms with Crippen molar-refractivity contribution in [2.75, 3.05) is 44.9 Å².